The topological polar surface area (TPSA) is 123 Å². The number of nitrogens with zero attached hydrogens (tertiary/aromatic N) is 6. The number of hydrogen-bond donors (Lipinski definition) is 2. The van der Waals surface area contributed by atoms with E-state index in [-0.39, 0.29) is 17.9 Å². The fraction of sp³-hybridized carbons (Fsp3) is 0.333. The SMILES string of the molecule is CCC(=O)N(c1nnc(SCc2nc(N)nc(Nc3ccccc3)n2)s1)C1CC1. The highest BCUT2D eigenvalue weighted by Gasteiger charge is 2.35. The van der Waals surface area contributed by atoms with Crippen LogP contribution < -0.4 is 16.0 Å². The van der Waals surface area contributed by atoms with Crippen molar-refractivity contribution in [1.29, 1.82) is 0 Å². The Morgan fingerprint density at radius 1 is 1.24 bits per heavy atom. The first-order valence-electron chi connectivity index (χ1n) is 9.23. The van der Waals surface area contributed by atoms with Crippen LogP contribution in [0.4, 0.5) is 22.7 Å². The van der Waals surface area contributed by atoms with Crippen LogP contribution in [0.25, 0.3) is 0 Å². The molecule has 11 heteroatoms. The summed E-state index contributed by atoms with van der Waals surface area (Å²) < 4.78 is 0.756. The number of nitrogen functional groups attached to an aromatic ring is 1. The maximum Gasteiger partial charge on any atom is 0.232 e. The van der Waals surface area contributed by atoms with E-state index in [0.717, 1.165) is 22.9 Å². The summed E-state index contributed by atoms with van der Waals surface area (Å²) >= 11 is 2.87. The maximum atomic E-state index is 12.2. The molecule has 2 aromatic heterocycles. The van der Waals surface area contributed by atoms with Crippen LogP contribution in [0.2, 0.25) is 0 Å². The third-order valence-electron chi connectivity index (χ3n) is 4.14. The van der Waals surface area contributed by atoms with Crippen LogP contribution in [0, 0.1) is 0 Å². The van der Waals surface area contributed by atoms with Crippen molar-refractivity contribution in [2.45, 2.75) is 42.3 Å². The van der Waals surface area contributed by atoms with E-state index >= 15 is 0 Å². The normalized spacial score (nSPS) is 13.3. The molecule has 1 aromatic carbocycles. The number of amides is 1. The first kappa shape index (κ1) is 19.5. The van der Waals surface area contributed by atoms with Crippen molar-refractivity contribution in [3.63, 3.8) is 0 Å². The molecule has 1 fully saturated rings. The number of thioether (sulfide) groups is 1. The molecule has 150 valence electrons. The largest absolute Gasteiger partial charge is 0.368 e. The number of hydrogen-bond acceptors (Lipinski definition) is 10. The van der Waals surface area contributed by atoms with Crippen LogP contribution in [0.15, 0.2) is 34.7 Å². The van der Waals surface area contributed by atoms with Gasteiger partial charge in [-0.15, -0.1) is 10.2 Å². The molecule has 3 aromatic rings. The van der Waals surface area contributed by atoms with Gasteiger partial charge in [-0.25, -0.2) is 0 Å². The highest BCUT2D eigenvalue weighted by molar-refractivity contribution is 8.00. The molecule has 4 rings (SSSR count). The summed E-state index contributed by atoms with van der Waals surface area (Å²) in [4.78, 5) is 26.8. The Kier molecular flexibility index (Phi) is 5.86. The maximum absolute atomic E-state index is 12.2. The average Bonchev–Trinajstić information content (AvgIpc) is 3.44. The van der Waals surface area contributed by atoms with Gasteiger partial charge in [0, 0.05) is 18.2 Å². The first-order valence-corrected chi connectivity index (χ1v) is 11.0. The molecule has 29 heavy (non-hydrogen) atoms. The summed E-state index contributed by atoms with van der Waals surface area (Å²) in [6.45, 7) is 1.86. The molecule has 1 aliphatic rings. The van der Waals surface area contributed by atoms with Crippen molar-refractivity contribution >= 4 is 51.7 Å². The number of nitrogens with one attached hydrogen (secondary N) is 1. The third kappa shape index (κ3) is 4.98. The van der Waals surface area contributed by atoms with E-state index in [4.69, 9.17) is 5.73 Å². The van der Waals surface area contributed by atoms with Crippen molar-refractivity contribution in [2.24, 2.45) is 0 Å². The summed E-state index contributed by atoms with van der Waals surface area (Å²) in [5.41, 5.74) is 6.70. The molecule has 1 saturated carbocycles. The monoisotopic (exact) mass is 428 g/mol. The molecule has 0 spiro atoms. The highest BCUT2D eigenvalue weighted by Crippen LogP contribution is 2.36. The molecule has 9 nitrogen and oxygen atoms in total. The van der Waals surface area contributed by atoms with Crippen LogP contribution in [0.1, 0.15) is 32.0 Å². The Morgan fingerprint density at radius 2 is 2.03 bits per heavy atom. The Hall–Kier alpha value is -2.79. The molecule has 1 aliphatic carbocycles. The van der Waals surface area contributed by atoms with Crippen molar-refractivity contribution in [1.82, 2.24) is 25.1 Å². The predicted molar refractivity (Wildman–Crippen MR) is 114 cm³/mol. The molecule has 0 saturated heterocycles. The van der Waals surface area contributed by atoms with Crippen molar-refractivity contribution in [3.05, 3.63) is 36.2 Å². The van der Waals surface area contributed by atoms with E-state index in [0.29, 0.717) is 29.1 Å². The Labute approximate surface area is 176 Å². The van der Waals surface area contributed by atoms with Gasteiger partial charge in [-0.2, -0.15) is 15.0 Å². The minimum Gasteiger partial charge on any atom is -0.368 e. The summed E-state index contributed by atoms with van der Waals surface area (Å²) in [7, 11) is 0. The lowest BCUT2D eigenvalue weighted by Crippen LogP contribution is -2.32. The smallest absolute Gasteiger partial charge is 0.232 e. The van der Waals surface area contributed by atoms with Gasteiger partial charge in [0.2, 0.25) is 22.9 Å². The molecule has 0 radical (unpaired) electrons. The number of carbonyl (C=O) groups is 1. The second kappa shape index (κ2) is 8.70. The van der Waals surface area contributed by atoms with Gasteiger partial charge in [0.1, 0.15) is 5.82 Å². The van der Waals surface area contributed by atoms with E-state index < -0.39 is 0 Å². The Balaban J connectivity index is 1.43. The molecule has 0 bridgehead atoms. The number of aromatic nitrogens is 5. The minimum atomic E-state index is 0.0852. The molecular formula is C18H20N8OS2. The molecule has 0 atom stereocenters. The fourth-order valence-corrected chi connectivity index (χ4v) is 4.45. The van der Waals surface area contributed by atoms with E-state index in [2.05, 4.69) is 30.5 Å². The van der Waals surface area contributed by atoms with E-state index in [9.17, 15) is 4.79 Å². The molecule has 3 N–H and O–H groups in total. The lowest BCUT2D eigenvalue weighted by atomic mass is 10.3. The summed E-state index contributed by atoms with van der Waals surface area (Å²) in [5, 5.41) is 12.2. The van der Waals surface area contributed by atoms with Gasteiger partial charge in [0.05, 0.1) is 5.75 Å². The zero-order valence-electron chi connectivity index (χ0n) is 15.8. The van der Waals surface area contributed by atoms with Gasteiger partial charge >= 0.3 is 0 Å². The number of benzene rings is 1. The number of rotatable bonds is 8. The number of para-hydroxylation sites is 1. The zero-order valence-corrected chi connectivity index (χ0v) is 17.4. The molecule has 0 unspecified atom stereocenters. The molecule has 2 heterocycles. The Morgan fingerprint density at radius 3 is 2.76 bits per heavy atom. The number of anilines is 4. The van der Waals surface area contributed by atoms with E-state index in [1.807, 2.05) is 37.3 Å². The predicted octanol–water partition coefficient (Wildman–Crippen LogP) is 3.25. The van der Waals surface area contributed by atoms with Crippen LogP contribution >= 0.6 is 23.1 Å². The van der Waals surface area contributed by atoms with Crippen LogP contribution in [0.3, 0.4) is 0 Å². The summed E-state index contributed by atoms with van der Waals surface area (Å²) in [5.74, 6) is 1.64. The second-order valence-electron chi connectivity index (χ2n) is 6.41. The van der Waals surface area contributed by atoms with Gasteiger partial charge in [0.15, 0.2) is 4.34 Å². The average molecular weight is 429 g/mol. The fourth-order valence-electron chi connectivity index (χ4n) is 2.66. The van der Waals surface area contributed by atoms with E-state index in [1.54, 1.807) is 4.90 Å². The quantitative estimate of drug-likeness (QED) is 0.411. The lowest BCUT2D eigenvalue weighted by molar-refractivity contribution is -0.118. The minimum absolute atomic E-state index is 0.0852. The number of nitrogens with two attached hydrogens (primary N) is 1. The lowest BCUT2D eigenvalue weighted by Gasteiger charge is -2.17. The van der Waals surface area contributed by atoms with Gasteiger partial charge in [-0.1, -0.05) is 48.2 Å². The van der Waals surface area contributed by atoms with Gasteiger partial charge < -0.3 is 11.1 Å². The zero-order chi connectivity index (χ0) is 20.2. The van der Waals surface area contributed by atoms with Crippen LogP contribution in [-0.2, 0) is 10.5 Å². The van der Waals surface area contributed by atoms with Crippen molar-refractivity contribution < 1.29 is 4.79 Å². The Bertz CT molecular complexity index is 993. The standard InChI is InChI=1S/C18H20N8OS2/c1-2-14(27)26(12-8-9-12)17-24-25-18(29-17)28-10-13-21-15(19)23-16(22-13)20-11-6-4-3-5-7-11/h3-7,12H,2,8-10H2,1H3,(H3,19,20,21,22,23). The first-order chi connectivity index (χ1) is 14.1. The van der Waals surface area contributed by atoms with Gasteiger partial charge in [0.25, 0.3) is 0 Å². The second-order valence-corrected chi connectivity index (χ2v) is 8.59. The van der Waals surface area contributed by atoms with Crippen molar-refractivity contribution in [3.8, 4) is 0 Å². The highest BCUT2D eigenvalue weighted by atomic mass is 32.2. The van der Waals surface area contributed by atoms with Crippen LogP contribution in [-0.4, -0.2) is 37.1 Å². The van der Waals surface area contributed by atoms with Crippen molar-refractivity contribution in [2.75, 3.05) is 16.0 Å². The third-order valence-corrected chi connectivity index (χ3v) is 6.19. The van der Waals surface area contributed by atoms with Gasteiger partial charge in [-0.05, 0) is 25.0 Å². The van der Waals surface area contributed by atoms with Gasteiger partial charge in [-0.3, -0.25) is 9.69 Å². The number of carbonyl (C=O) groups excluding carboxylic acids is 1. The molecular weight excluding hydrogens is 408 g/mol. The van der Waals surface area contributed by atoms with Crippen LogP contribution in [0.5, 0.6) is 0 Å². The molecule has 0 aliphatic heterocycles. The van der Waals surface area contributed by atoms with E-state index in [1.165, 1.54) is 23.1 Å². The summed E-state index contributed by atoms with van der Waals surface area (Å²) in [6, 6.07) is 9.88. The summed E-state index contributed by atoms with van der Waals surface area (Å²) in [6.07, 6.45) is 2.50. The molecule has 1 amide bonds.